The fraction of sp³-hybridized carbons (Fsp3) is 0.217. The van der Waals surface area contributed by atoms with Gasteiger partial charge in [0, 0.05) is 6.54 Å². The van der Waals surface area contributed by atoms with E-state index in [0.29, 0.717) is 37.1 Å². The van der Waals surface area contributed by atoms with E-state index in [1.807, 2.05) is 31.2 Å². The van der Waals surface area contributed by atoms with E-state index in [4.69, 9.17) is 0 Å². The molecule has 0 aliphatic heterocycles. The Bertz CT molecular complexity index is 1280. The van der Waals surface area contributed by atoms with Gasteiger partial charge in [-0.1, -0.05) is 42.0 Å². The number of carbonyl (C=O) groups is 1. The summed E-state index contributed by atoms with van der Waals surface area (Å²) in [6.07, 6.45) is 3.26. The van der Waals surface area contributed by atoms with Crippen molar-refractivity contribution in [2.75, 3.05) is 6.54 Å². The van der Waals surface area contributed by atoms with Crippen LogP contribution in [0.3, 0.4) is 0 Å². The van der Waals surface area contributed by atoms with Crippen LogP contribution in [-0.2, 0) is 24.3 Å². The predicted molar refractivity (Wildman–Crippen MR) is 115 cm³/mol. The van der Waals surface area contributed by atoms with Crippen molar-refractivity contribution in [2.24, 2.45) is 0 Å². The number of nitrogens with zero attached hydrogens (tertiary/aromatic N) is 4. The highest BCUT2D eigenvalue weighted by Crippen LogP contribution is 2.08. The molecular weight excluding hydrogens is 397 g/mol. The molecule has 0 spiro atoms. The third-order valence-electron chi connectivity index (χ3n) is 4.98. The molecule has 2 heterocycles. The zero-order chi connectivity index (χ0) is 21.8. The van der Waals surface area contributed by atoms with E-state index in [1.54, 1.807) is 16.8 Å². The summed E-state index contributed by atoms with van der Waals surface area (Å²) in [7, 11) is 0. The predicted octanol–water partition coefficient (Wildman–Crippen LogP) is 2.45. The van der Waals surface area contributed by atoms with Gasteiger partial charge in [-0.2, -0.15) is 5.10 Å². The van der Waals surface area contributed by atoms with Gasteiger partial charge in [0.1, 0.15) is 17.5 Å². The summed E-state index contributed by atoms with van der Waals surface area (Å²) in [6, 6.07) is 13.8. The van der Waals surface area contributed by atoms with Gasteiger partial charge in [-0.05, 0) is 30.2 Å². The fourth-order valence-corrected chi connectivity index (χ4v) is 3.43. The fourth-order valence-electron chi connectivity index (χ4n) is 3.43. The first-order valence-corrected chi connectivity index (χ1v) is 9.97. The quantitative estimate of drug-likeness (QED) is 0.499. The topological polar surface area (TPSA) is 81.8 Å². The molecule has 1 amide bonds. The van der Waals surface area contributed by atoms with Crippen LogP contribution in [-0.4, -0.2) is 31.8 Å². The van der Waals surface area contributed by atoms with Crippen molar-refractivity contribution in [3.63, 3.8) is 0 Å². The molecule has 7 nitrogen and oxygen atoms in total. The van der Waals surface area contributed by atoms with Gasteiger partial charge in [0.05, 0.1) is 25.7 Å². The van der Waals surface area contributed by atoms with Crippen molar-refractivity contribution < 1.29 is 9.18 Å². The first-order chi connectivity index (χ1) is 15.0. The molecule has 0 fully saturated rings. The molecule has 0 bridgehead atoms. The molecule has 158 valence electrons. The van der Waals surface area contributed by atoms with Crippen molar-refractivity contribution in [2.45, 2.75) is 26.4 Å². The van der Waals surface area contributed by atoms with Gasteiger partial charge in [-0.25, -0.2) is 14.1 Å². The van der Waals surface area contributed by atoms with Gasteiger partial charge in [-0.15, -0.1) is 0 Å². The maximum atomic E-state index is 13.1. The zero-order valence-electron chi connectivity index (χ0n) is 17.1. The summed E-state index contributed by atoms with van der Waals surface area (Å²) in [4.78, 5) is 29.3. The summed E-state index contributed by atoms with van der Waals surface area (Å²) in [5.41, 5.74) is 3.13. The second-order valence-corrected chi connectivity index (χ2v) is 7.42. The molecule has 2 aromatic carbocycles. The van der Waals surface area contributed by atoms with Crippen LogP contribution in [0.2, 0.25) is 0 Å². The van der Waals surface area contributed by atoms with Crippen LogP contribution < -0.4 is 10.9 Å². The number of carbonyl (C=O) groups excluding carboxylic acids is 1. The molecular formula is C23H22FN5O2. The smallest absolute Gasteiger partial charge is 0.264 e. The van der Waals surface area contributed by atoms with Crippen LogP contribution in [0.15, 0.2) is 65.8 Å². The van der Waals surface area contributed by atoms with Gasteiger partial charge in [0.15, 0.2) is 5.65 Å². The van der Waals surface area contributed by atoms with Crippen molar-refractivity contribution in [3.05, 3.63) is 93.9 Å². The Balaban J connectivity index is 1.40. The second-order valence-electron chi connectivity index (χ2n) is 7.42. The molecule has 2 aromatic heterocycles. The molecule has 0 aliphatic rings. The Morgan fingerprint density at radius 1 is 1.13 bits per heavy atom. The van der Waals surface area contributed by atoms with E-state index < -0.39 is 0 Å². The Morgan fingerprint density at radius 2 is 1.94 bits per heavy atom. The molecule has 4 rings (SSSR count). The summed E-state index contributed by atoms with van der Waals surface area (Å²) in [5.74, 6) is -0.395. The van der Waals surface area contributed by atoms with Crippen LogP contribution in [0, 0.1) is 12.7 Å². The standard InChI is InChI=1S/C23H22FN5O2/c1-16-3-2-4-18(11-16)12-21(30)25-9-10-29-22-20(13-27-29)23(31)28(15-26-22)14-17-5-7-19(24)8-6-17/h2-8,11,13,15H,9-10,12,14H2,1H3,(H,25,30). The number of benzene rings is 2. The minimum Gasteiger partial charge on any atom is -0.354 e. The van der Waals surface area contributed by atoms with Crippen LogP contribution in [0.25, 0.3) is 11.0 Å². The molecule has 0 unspecified atom stereocenters. The number of nitrogens with one attached hydrogen (secondary N) is 1. The highest BCUT2D eigenvalue weighted by atomic mass is 19.1. The lowest BCUT2D eigenvalue weighted by Crippen LogP contribution is -2.29. The van der Waals surface area contributed by atoms with Gasteiger partial charge in [-0.3, -0.25) is 14.2 Å². The third kappa shape index (κ3) is 4.85. The van der Waals surface area contributed by atoms with Gasteiger partial charge < -0.3 is 5.32 Å². The maximum Gasteiger partial charge on any atom is 0.264 e. The Morgan fingerprint density at radius 3 is 2.71 bits per heavy atom. The van der Waals surface area contributed by atoms with Crippen molar-refractivity contribution in [3.8, 4) is 0 Å². The van der Waals surface area contributed by atoms with Crippen molar-refractivity contribution in [1.82, 2.24) is 24.6 Å². The molecule has 8 heteroatoms. The van der Waals surface area contributed by atoms with Gasteiger partial charge in [0.2, 0.25) is 5.91 Å². The molecule has 0 saturated carbocycles. The van der Waals surface area contributed by atoms with E-state index in [0.717, 1.165) is 16.7 Å². The first-order valence-electron chi connectivity index (χ1n) is 9.97. The first kappa shape index (κ1) is 20.5. The number of fused-ring (bicyclic) bond motifs is 1. The Hall–Kier alpha value is -3.81. The largest absolute Gasteiger partial charge is 0.354 e. The average Bonchev–Trinajstić information content (AvgIpc) is 3.15. The third-order valence-corrected chi connectivity index (χ3v) is 4.98. The maximum absolute atomic E-state index is 13.1. The number of rotatable bonds is 7. The SMILES string of the molecule is Cc1cccc(CC(=O)NCCn2ncc3c(=O)n(Cc4ccc(F)cc4)cnc32)c1. The number of aromatic nitrogens is 4. The summed E-state index contributed by atoms with van der Waals surface area (Å²) in [6.45, 7) is 3.06. The molecule has 0 radical (unpaired) electrons. The molecule has 0 atom stereocenters. The highest BCUT2D eigenvalue weighted by Gasteiger charge is 2.11. The van der Waals surface area contributed by atoms with Crippen LogP contribution >= 0.6 is 0 Å². The lowest BCUT2D eigenvalue weighted by Gasteiger charge is -2.08. The Kier molecular flexibility index (Phi) is 5.88. The van der Waals surface area contributed by atoms with Crippen molar-refractivity contribution in [1.29, 1.82) is 0 Å². The van der Waals surface area contributed by atoms with Crippen LogP contribution in [0.4, 0.5) is 4.39 Å². The highest BCUT2D eigenvalue weighted by molar-refractivity contribution is 5.78. The number of hydrogen-bond donors (Lipinski definition) is 1. The van der Waals surface area contributed by atoms with E-state index >= 15 is 0 Å². The number of halogens is 1. The van der Waals surface area contributed by atoms with E-state index in [1.165, 1.54) is 29.2 Å². The minimum atomic E-state index is -0.322. The average molecular weight is 419 g/mol. The normalized spacial score (nSPS) is 11.0. The lowest BCUT2D eigenvalue weighted by molar-refractivity contribution is -0.120. The Labute approximate surface area is 178 Å². The molecule has 1 N–H and O–H groups in total. The molecule has 31 heavy (non-hydrogen) atoms. The lowest BCUT2D eigenvalue weighted by atomic mass is 10.1. The van der Waals surface area contributed by atoms with Gasteiger partial charge >= 0.3 is 0 Å². The minimum absolute atomic E-state index is 0.0725. The summed E-state index contributed by atoms with van der Waals surface area (Å²) in [5, 5.41) is 7.52. The van der Waals surface area contributed by atoms with Gasteiger partial charge in [0.25, 0.3) is 5.56 Å². The molecule has 0 aliphatic carbocycles. The summed E-state index contributed by atoms with van der Waals surface area (Å²) < 4.78 is 16.1. The van der Waals surface area contributed by atoms with Crippen LogP contribution in [0.5, 0.6) is 0 Å². The molecule has 0 saturated heterocycles. The number of aryl methyl sites for hydroxylation is 1. The summed E-state index contributed by atoms with van der Waals surface area (Å²) >= 11 is 0. The number of amides is 1. The zero-order valence-corrected chi connectivity index (χ0v) is 17.1. The van der Waals surface area contributed by atoms with E-state index in [-0.39, 0.29) is 17.3 Å². The van der Waals surface area contributed by atoms with Crippen molar-refractivity contribution >= 4 is 16.9 Å². The van der Waals surface area contributed by atoms with E-state index in [9.17, 15) is 14.0 Å². The second kappa shape index (κ2) is 8.91. The number of hydrogen-bond acceptors (Lipinski definition) is 4. The van der Waals surface area contributed by atoms with E-state index in [2.05, 4.69) is 15.4 Å². The van der Waals surface area contributed by atoms with Crippen LogP contribution in [0.1, 0.15) is 16.7 Å². The monoisotopic (exact) mass is 419 g/mol. The molecule has 4 aromatic rings.